The number of aryl methyl sites for hydroxylation is 1. The molecule has 2 heterocycles. The van der Waals surface area contributed by atoms with Crippen molar-refractivity contribution in [2.45, 2.75) is 38.5 Å². The molecule has 8 heteroatoms. The van der Waals surface area contributed by atoms with Gasteiger partial charge in [-0.2, -0.15) is 4.31 Å². The maximum absolute atomic E-state index is 13.3. The van der Waals surface area contributed by atoms with Crippen molar-refractivity contribution in [3.8, 4) is 0 Å². The summed E-state index contributed by atoms with van der Waals surface area (Å²) in [5, 5.41) is 0.281. The van der Waals surface area contributed by atoms with E-state index in [0.717, 1.165) is 25.9 Å². The summed E-state index contributed by atoms with van der Waals surface area (Å²) < 4.78 is 27.9. The van der Waals surface area contributed by atoms with Crippen LogP contribution < -0.4 is 4.90 Å². The van der Waals surface area contributed by atoms with Crippen LogP contribution in [0.3, 0.4) is 0 Å². The molecule has 0 aliphatic carbocycles. The van der Waals surface area contributed by atoms with E-state index in [2.05, 4.69) is 43.9 Å². The first kappa shape index (κ1) is 24.0. The molecule has 1 amide bonds. The third kappa shape index (κ3) is 4.91. The van der Waals surface area contributed by atoms with Crippen molar-refractivity contribution in [3.63, 3.8) is 0 Å². The highest BCUT2D eigenvalue weighted by molar-refractivity contribution is 7.89. The molecule has 0 spiro atoms. The first-order valence-electron chi connectivity index (χ1n) is 11.6. The van der Waals surface area contributed by atoms with Crippen LogP contribution in [0, 0.1) is 19.8 Å². The number of amides is 1. The molecule has 178 valence electrons. The van der Waals surface area contributed by atoms with Crippen molar-refractivity contribution in [2.24, 2.45) is 5.92 Å². The molecule has 0 saturated carbocycles. The van der Waals surface area contributed by atoms with Crippen LogP contribution >= 0.6 is 11.6 Å². The fourth-order valence-corrected chi connectivity index (χ4v) is 6.30. The van der Waals surface area contributed by atoms with Crippen molar-refractivity contribution in [1.29, 1.82) is 0 Å². The summed E-state index contributed by atoms with van der Waals surface area (Å²) in [5.74, 6) is 0.311. The van der Waals surface area contributed by atoms with Gasteiger partial charge in [-0.05, 0) is 68.0 Å². The summed E-state index contributed by atoms with van der Waals surface area (Å²) in [7, 11) is -3.65. The predicted molar refractivity (Wildman–Crippen MR) is 133 cm³/mol. The molecule has 2 saturated heterocycles. The Morgan fingerprint density at radius 1 is 0.970 bits per heavy atom. The predicted octanol–water partition coefficient (Wildman–Crippen LogP) is 4.34. The van der Waals surface area contributed by atoms with E-state index in [1.54, 1.807) is 4.90 Å². The number of rotatable bonds is 4. The first-order valence-corrected chi connectivity index (χ1v) is 13.4. The molecule has 2 aromatic rings. The second kappa shape index (κ2) is 9.65. The van der Waals surface area contributed by atoms with E-state index in [-0.39, 0.29) is 21.4 Å². The molecular formula is C25H32ClN3O3S. The number of halogens is 1. The summed E-state index contributed by atoms with van der Waals surface area (Å²) in [6.45, 7) is 9.94. The van der Waals surface area contributed by atoms with Gasteiger partial charge in [0.15, 0.2) is 0 Å². The summed E-state index contributed by atoms with van der Waals surface area (Å²) in [6.07, 6.45) is 1.70. The molecule has 0 N–H and O–H groups in total. The average molecular weight is 490 g/mol. The maximum Gasteiger partial charge on any atom is 0.255 e. The summed E-state index contributed by atoms with van der Waals surface area (Å²) in [6, 6.07) is 10.8. The van der Waals surface area contributed by atoms with E-state index in [0.29, 0.717) is 32.1 Å². The lowest BCUT2D eigenvalue weighted by atomic mass is 10.0. The maximum atomic E-state index is 13.3. The van der Waals surface area contributed by atoms with Gasteiger partial charge in [0, 0.05) is 45.0 Å². The van der Waals surface area contributed by atoms with Crippen molar-refractivity contribution in [3.05, 3.63) is 58.1 Å². The standard InChI is InChI=1S/C25H32ClN3O3S/c1-18-9-11-29(12-10-18)33(31,32)21-7-8-23(26)22(17-21)25(30)28-15-13-27(14-16-28)24-6-4-5-19(2)20(24)3/h4-8,17-18H,9-16H2,1-3H3. The van der Waals surface area contributed by atoms with Crippen LogP contribution in [-0.2, 0) is 10.0 Å². The SMILES string of the molecule is Cc1cccc(N2CCN(C(=O)c3cc(S(=O)(=O)N4CCC(C)CC4)ccc3Cl)CC2)c1C. The summed E-state index contributed by atoms with van der Waals surface area (Å²) >= 11 is 6.36. The molecule has 2 aliphatic rings. The number of hydrogen-bond acceptors (Lipinski definition) is 4. The minimum atomic E-state index is -3.65. The van der Waals surface area contributed by atoms with Crippen LogP contribution in [0.25, 0.3) is 0 Å². The Bertz CT molecular complexity index is 1140. The lowest BCUT2D eigenvalue weighted by Crippen LogP contribution is -2.49. The minimum absolute atomic E-state index is 0.138. The van der Waals surface area contributed by atoms with Gasteiger partial charge in [0.05, 0.1) is 15.5 Å². The van der Waals surface area contributed by atoms with Gasteiger partial charge in [-0.1, -0.05) is 30.7 Å². The molecule has 0 aromatic heterocycles. The van der Waals surface area contributed by atoms with Crippen LogP contribution in [-0.4, -0.2) is 62.8 Å². The summed E-state index contributed by atoms with van der Waals surface area (Å²) in [5.41, 5.74) is 3.96. The molecule has 2 fully saturated rings. The van der Waals surface area contributed by atoms with E-state index >= 15 is 0 Å². The van der Waals surface area contributed by atoms with Gasteiger partial charge in [-0.25, -0.2) is 8.42 Å². The van der Waals surface area contributed by atoms with Gasteiger partial charge in [-0.3, -0.25) is 4.79 Å². The number of carbonyl (C=O) groups is 1. The van der Waals surface area contributed by atoms with Crippen molar-refractivity contribution >= 4 is 33.2 Å². The van der Waals surface area contributed by atoms with Gasteiger partial charge < -0.3 is 9.80 Å². The second-order valence-electron chi connectivity index (χ2n) is 9.23. The molecule has 0 radical (unpaired) electrons. The number of piperidine rings is 1. The number of hydrogen-bond donors (Lipinski definition) is 0. The molecular weight excluding hydrogens is 458 g/mol. The number of carbonyl (C=O) groups excluding carboxylic acids is 1. The zero-order chi connectivity index (χ0) is 23.8. The van der Waals surface area contributed by atoms with Gasteiger partial charge in [0.2, 0.25) is 10.0 Å². The number of sulfonamides is 1. The van der Waals surface area contributed by atoms with Crippen LogP contribution in [0.4, 0.5) is 5.69 Å². The second-order valence-corrected chi connectivity index (χ2v) is 11.6. The zero-order valence-electron chi connectivity index (χ0n) is 19.6. The Hall–Kier alpha value is -2.09. The van der Waals surface area contributed by atoms with Crippen LogP contribution in [0.2, 0.25) is 5.02 Å². The molecule has 0 atom stereocenters. The van der Waals surface area contributed by atoms with Crippen LogP contribution in [0.5, 0.6) is 0 Å². The average Bonchev–Trinajstić information content (AvgIpc) is 2.81. The topological polar surface area (TPSA) is 60.9 Å². The fraction of sp³-hybridized carbons (Fsp3) is 0.480. The third-order valence-corrected chi connectivity index (χ3v) is 9.26. The Morgan fingerprint density at radius 3 is 2.30 bits per heavy atom. The van der Waals surface area contributed by atoms with E-state index in [9.17, 15) is 13.2 Å². The van der Waals surface area contributed by atoms with Crippen LogP contribution in [0.15, 0.2) is 41.3 Å². The molecule has 4 rings (SSSR count). The van der Waals surface area contributed by atoms with Gasteiger partial charge >= 0.3 is 0 Å². The van der Waals surface area contributed by atoms with Gasteiger partial charge in [-0.15, -0.1) is 0 Å². The Labute approximate surface area is 202 Å². The number of benzene rings is 2. The van der Waals surface area contributed by atoms with E-state index < -0.39 is 10.0 Å². The van der Waals surface area contributed by atoms with Gasteiger partial charge in [0.25, 0.3) is 5.91 Å². The van der Waals surface area contributed by atoms with Gasteiger partial charge in [0.1, 0.15) is 0 Å². The lowest BCUT2D eigenvalue weighted by Gasteiger charge is -2.37. The van der Waals surface area contributed by atoms with E-state index in [4.69, 9.17) is 11.6 Å². The third-order valence-electron chi connectivity index (χ3n) is 7.03. The van der Waals surface area contributed by atoms with Crippen molar-refractivity contribution in [2.75, 3.05) is 44.2 Å². The smallest absolute Gasteiger partial charge is 0.255 e. The molecule has 2 aromatic carbocycles. The number of nitrogens with zero attached hydrogens (tertiary/aromatic N) is 3. The van der Waals surface area contributed by atoms with E-state index in [1.807, 2.05) is 0 Å². The van der Waals surface area contributed by atoms with Crippen molar-refractivity contribution in [1.82, 2.24) is 9.21 Å². The fourth-order valence-electron chi connectivity index (χ4n) is 4.60. The summed E-state index contributed by atoms with van der Waals surface area (Å²) in [4.78, 5) is 17.5. The first-order chi connectivity index (χ1) is 15.7. The van der Waals surface area contributed by atoms with Crippen molar-refractivity contribution < 1.29 is 13.2 Å². The molecule has 6 nitrogen and oxygen atoms in total. The highest BCUT2D eigenvalue weighted by Gasteiger charge is 2.30. The normalized spacial score (nSPS) is 18.5. The minimum Gasteiger partial charge on any atom is -0.368 e. The Kier molecular flexibility index (Phi) is 7.03. The zero-order valence-corrected chi connectivity index (χ0v) is 21.1. The molecule has 33 heavy (non-hydrogen) atoms. The highest BCUT2D eigenvalue weighted by atomic mass is 35.5. The number of anilines is 1. The Balaban J connectivity index is 1.49. The lowest BCUT2D eigenvalue weighted by molar-refractivity contribution is 0.0746. The highest BCUT2D eigenvalue weighted by Crippen LogP contribution is 2.28. The van der Waals surface area contributed by atoms with E-state index in [1.165, 1.54) is 39.3 Å². The monoisotopic (exact) mass is 489 g/mol. The molecule has 2 aliphatic heterocycles. The molecule has 0 bridgehead atoms. The quantitative estimate of drug-likeness (QED) is 0.641. The Morgan fingerprint density at radius 2 is 1.64 bits per heavy atom. The molecule has 0 unspecified atom stereocenters. The number of piperazine rings is 1. The largest absolute Gasteiger partial charge is 0.368 e. The van der Waals surface area contributed by atoms with Crippen LogP contribution in [0.1, 0.15) is 41.3 Å².